The second kappa shape index (κ2) is 2.93. The van der Waals surface area contributed by atoms with Gasteiger partial charge in [-0.1, -0.05) is 12.2 Å². The second-order valence-corrected chi connectivity index (χ2v) is 2.78. The summed E-state index contributed by atoms with van der Waals surface area (Å²) in [6.07, 6.45) is 6.26. The number of rotatable bonds is 1. The van der Waals surface area contributed by atoms with E-state index in [4.69, 9.17) is 4.74 Å². The lowest BCUT2D eigenvalue weighted by Gasteiger charge is -2.23. The summed E-state index contributed by atoms with van der Waals surface area (Å²) in [5, 5.41) is 0. The van der Waals surface area contributed by atoms with Crippen LogP contribution in [-0.4, -0.2) is 17.4 Å². The highest BCUT2D eigenvalue weighted by atomic mass is 16.6. The molecule has 1 rings (SSSR count). The number of carbonyl (C=O) groups is 2. The Bertz CT molecular complexity index is 275. The van der Waals surface area contributed by atoms with Crippen LogP contribution in [0.4, 0.5) is 0 Å². The normalized spacial score (nSPS) is 27.3. The fourth-order valence-corrected chi connectivity index (χ4v) is 1.01. The molecule has 0 spiro atoms. The Kier molecular flexibility index (Phi) is 2.13. The van der Waals surface area contributed by atoms with Crippen LogP contribution in [0, 0.1) is 0 Å². The summed E-state index contributed by atoms with van der Waals surface area (Å²) >= 11 is 0. The Morgan fingerprint density at radius 2 is 2.17 bits per heavy atom. The second-order valence-electron chi connectivity index (χ2n) is 2.78. The zero-order valence-corrected chi connectivity index (χ0v) is 7.03. The molecule has 0 aromatic carbocycles. The SMILES string of the molecule is CC(=O)O[C@]1(C)C=CC=CC1=O. The van der Waals surface area contributed by atoms with Crippen LogP contribution in [0.15, 0.2) is 24.3 Å². The molecular formula is C9H10O3. The van der Waals surface area contributed by atoms with Gasteiger partial charge in [0, 0.05) is 6.92 Å². The van der Waals surface area contributed by atoms with E-state index in [1.807, 2.05) is 0 Å². The number of hydrogen-bond donors (Lipinski definition) is 0. The minimum absolute atomic E-state index is 0.208. The third-order valence-corrected chi connectivity index (χ3v) is 1.62. The molecule has 0 aliphatic heterocycles. The molecule has 1 atom stereocenters. The number of hydrogen-bond acceptors (Lipinski definition) is 3. The molecule has 1 aliphatic carbocycles. The van der Waals surface area contributed by atoms with E-state index in [-0.39, 0.29) is 5.78 Å². The van der Waals surface area contributed by atoms with E-state index in [9.17, 15) is 9.59 Å². The van der Waals surface area contributed by atoms with Crippen molar-refractivity contribution in [3.05, 3.63) is 24.3 Å². The minimum Gasteiger partial charge on any atom is -0.447 e. The Morgan fingerprint density at radius 3 is 2.67 bits per heavy atom. The lowest BCUT2D eigenvalue weighted by atomic mass is 9.96. The van der Waals surface area contributed by atoms with E-state index in [2.05, 4.69) is 0 Å². The van der Waals surface area contributed by atoms with Crippen molar-refractivity contribution in [1.82, 2.24) is 0 Å². The molecule has 3 nitrogen and oxygen atoms in total. The Balaban J connectivity index is 2.83. The van der Waals surface area contributed by atoms with Crippen molar-refractivity contribution in [2.24, 2.45) is 0 Å². The molecule has 0 unspecified atom stereocenters. The van der Waals surface area contributed by atoms with Crippen molar-refractivity contribution in [1.29, 1.82) is 0 Å². The van der Waals surface area contributed by atoms with E-state index in [0.717, 1.165) is 0 Å². The van der Waals surface area contributed by atoms with Gasteiger partial charge in [0.15, 0.2) is 5.60 Å². The first-order valence-electron chi connectivity index (χ1n) is 3.64. The number of ketones is 1. The first-order chi connectivity index (χ1) is 5.54. The van der Waals surface area contributed by atoms with Gasteiger partial charge in [0.05, 0.1) is 0 Å². The van der Waals surface area contributed by atoms with Crippen LogP contribution >= 0.6 is 0 Å². The molecule has 64 valence electrons. The zero-order valence-electron chi connectivity index (χ0n) is 7.03. The molecule has 0 fully saturated rings. The van der Waals surface area contributed by atoms with Crippen molar-refractivity contribution in [2.75, 3.05) is 0 Å². The summed E-state index contributed by atoms with van der Waals surface area (Å²) in [7, 11) is 0. The Hall–Kier alpha value is -1.38. The molecule has 0 saturated carbocycles. The summed E-state index contributed by atoms with van der Waals surface area (Å²) in [6.45, 7) is 2.85. The number of ether oxygens (including phenoxy) is 1. The van der Waals surface area contributed by atoms with Crippen LogP contribution in [0.2, 0.25) is 0 Å². The summed E-state index contributed by atoms with van der Waals surface area (Å²) in [5.74, 6) is -0.661. The fraction of sp³-hybridized carbons (Fsp3) is 0.333. The van der Waals surface area contributed by atoms with Crippen molar-refractivity contribution in [3.8, 4) is 0 Å². The lowest BCUT2D eigenvalue weighted by Crippen LogP contribution is -2.37. The first-order valence-corrected chi connectivity index (χ1v) is 3.64. The number of allylic oxidation sites excluding steroid dienone is 2. The van der Waals surface area contributed by atoms with Gasteiger partial charge in [0.25, 0.3) is 0 Å². The molecule has 1 aliphatic rings. The summed E-state index contributed by atoms with van der Waals surface area (Å²) in [6, 6.07) is 0. The third kappa shape index (κ3) is 1.61. The Labute approximate surface area is 70.7 Å². The predicted octanol–water partition coefficient (Wildman–Crippen LogP) is 1.00. The van der Waals surface area contributed by atoms with E-state index in [1.54, 1.807) is 25.2 Å². The maximum Gasteiger partial charge on any atom is 0.303 e. The maximum absolute atomic E-state index is 11.2. The first kappa shape index (κ1) is 8.71. The minimum atomic E-state index is -1.10. The molecule has 0 aromatic heterocycles. The van der Waals surface area contributed by atoms with Gasteiger partial charge in [-0.05, 0) is 19.1 Å². The Morgan fingerprint density at radius 1 is 1.50 bits per heavy atom. The van der Waals surface area contributed by atoms with Gasteiger partial charge in [-0.15, -0.1) is 0 Å². The highest BCUT2D eigenvalue weighted by Crippen LogP contribution is 2.18. The lowest BCUT2D eigenvalue weighted by molar-refractivity contribution is -0.157. The number of carbonyl (C=O) groups excluding carboxylic acids is 2. The molecule has 3 heteroatoms. The average Bonchev–Trinajstić information content (AvgIpc) is 1.94. The van der Waals surface area contributed by atoms with E-state index >= 15 is 0 Å². The van der Waals surface area contributed by atoms with Crippen LogP contribution in [0.5, 0.6) is 0 Å². The van der Waals surface area contributed by atoms with Crippen LogP contribution in [0.3, 0.4) is 0 Å². The summed E-state index contributed by atoms with van der Waals surface area (Å²) in [5.41, 5.74) is -1.10. The van der Waals surface area contributed by atoms with Crippen LogP contribution in [0.25, 0.3) is 0 Å². The average molecular weight is 166 g/mol. The van der Waals surface area contributed by atoms with Crippen LogP contribution in [-0.2, 0) is 14.3 Å². The summed E-state index contributed by atoms with van der Waals surface area (Å²) in [4.78, 5) is 21.9. The van der Waals surface area contributed by atoms with Gasteiger partial charge in [-0.3, -0.25) is 9.59 Å². The van der Waals surface area contributed by atoms with E-state index < -0.39 is 11.6 Å². The van der Waals surface area contributed by atoms with Gasteiger partial charge in [-0.25, -0.2) is 0 Å². The molecule has 0 amide bonds. The zero-order chi connectivity index (χ0) is 9.19. The van der Waals surface area contributed by atoms with Gasteiger partial charge in [0.2, 0.25) is 5.78 Å². The van der Waals surface area contributed by atoms with Crippen molar-refractivity contribution >= 4 is 11.8 Å². The van der Waals surface area contributed by atoms with Crippen LogP contribution in [0.1, 0.15) is 13.8 Å². The predicted molar refractivity (Wildman–Crippen MR) is 43.5 cm³/mol. The standard InChI is InChI=1S/C9H10O3/c1-7(10)12-9(2)6-4-3-5-8(9)11/h3-6H,1-2H3/t9-/m1/s1. The topological polar surface area (TPSA) is 43.4 Å². The van der Waals surface area contributed by atoms with E-state index in [1.165, 1.54) is 13.0 Å². The van der Waals surface area contributed by atoms with Gasteiger partial charge in [0.1, 0.15) is 0 Å². The van der Waals surface area contributed by atoms with Gasteiger partial charge < -0.3 is 4.74 Å². The molecule has 0 heterocycles. The van der Waals surface area contributed by atoms with Crippen molar-refractivity contribution < 1.29 is 14.3 Å². The van der Waals surface area contributed by atoms with Gasteiger partial charge >= 0.3 is 5.97 Å². The summed E-state index contributed by atoms with van der Waals surface area (Å²) < 4.78 is 4.86. The van der Waals surface area contributed by atoms with Crippen molar-refractivity contribution in [2.45, 2.75) is 19.4 Å². The molecule has 0 radical (unpaired) electrons. The fourth-order valence-electron chi connectivity index (χ4n) is 1.01. The molecule has 12 heavy (non-hydrogen) atoms. The monoisotopic (exact) mass is 166 g/mol. The quantitative estimate of drug-likeness (QED) is 0.546. The number of esters is 1. The molecule has 0 N–H and O–H groups in total. The smallest absolute Gasteiger partial charge is 0.303 e. The molecule has 0 bridgehead atoms. The van der Waals surface area contributed by atoms with Crippen molar-refractivity contribution in [3.63, 3.8) is 0 Å². The largest absolute Gasteiger partial charge is 0.447 e. The molecule has 0 saturated heterocycles. The maximum atomic E-state index is 11.2. The van der Waals surface area contributed by atoms with Crippen LogP contribution < -0.4 is 0 Å². The third-order valence-electron chi connectivity index (χ3n) is 1.62. The highest BCUT2D eigenvalue weighted by molar-refractivity contribution is 6.00. The molecule has 0 aromatic rings. The van der Waals surface area contributed by atoms with E-state index in [0.29, 0.717) is 0 Å². The van der Waals surface area contributed by atoms with Gasteiger partial charge in [-0.2, -0.15) is 0 Å². The highest BCUT2D eigenvalue weighted by Gasteiger charge is 2.32. The molecular weight excluding hydrogens is 156 g/mol.